The average Bonchev–Trinajstić information content (AvgIpc) is 3.05. The van der Waals surface area contributed by atoms with Gasteiger partial charge in [-0.3, -0.25) is 9.78 Å². The first-order valence-electron chi connectivity index (χ1n) is 9.36. The molecule has 160 valence electrons. The van der Waals surface area contributed by atoms with Gasteiger partial charge in [-0.1, -0.05) is 32.0 Å². The van der Waals surface area contributed by atoms with Gasteiger partial charge in [0.2, 0.25) is 0 Å². The molecule has 0 radical (unpaired) electrons. The molecule has 30 heavy (non-hydrogen) atoms. The van der Waals surface area contributed by atoms with Crippen molar-refractivity contribution in [3.05, 3.63) is 59.4 Å². The number of benzene rings is 1. The molecule has 2 aromatic rings. The summed E-state index contributed by atoms with van der Waals surface area (Å²) in [5.74, 6) is -0.612. The predicted octanol–water partition coefficient (Wildman–Crippen LogP) is 3.78. The Labute approximate surface area is 172 Å². The first kappa shape index (κ1) is 21.8. The minimum absolute atomic E-state index is 0.0696. The number of hydrazone groups is 1. The number of hydrogen-bond acceptors (Lipinski definition) is 5. The number of halogens is 3. The summed E-state index contributed by atoms with van der Waals surface area (Å²) >= 11 is 0. The molecule has 0 saturated heterocycles. The molecular formula is C21H22F3N3O3. The van der Waals surface area contributed by atoms with Crippen molar-refractivity contribution in [1.82, 2.24) is 9.99 Å². The van der Waals surface area contributed by atoms with Crippen LogP contribution >= 0.6 is 0 Å². The highest BCUT2D eigenvalue weighted by Gasteiger charge is 2.63. The molecule has 0 aliphatic carbocycles. The highest BCUT2D eigenvalue weighted by atomic mass is 19.4. The highest BCUT2D eigenvalue weighted by Crippen LogP contribution is 2.41. The number of alkyl halides is 3. The number of carbonyl (C=O) groups is 1. The van der Waals surface area contributed by atoms with Crippen LogP contribution in [0.4, 0.5) is 13.2 Å². The maximum atomic E-state index is 13.7. The lowest BCUT2D eigenvalue weighted by atomic mass is 10.0. The maximum absolute atomic E-state index is 13.7. The molecule has 1 aliphatic rings. The van der Waals surface area contributed by atoms with E-state index in [2.05, 4.69) is 10.1 Å². The van der Waals surface area contributed by atoms with E-state index in [4.69, 9.17) is 4.74 Å². The van der Waals surface area contributed by atoms with Crippen LogP contribution in [-0.2, 0) is 4.79 Å². The van der Waals surface area contributed by atoms with E-state index in [0.29, 0.717) is 5.75 Å². The third-order valence-electron chi connectivity index (χ3n) is 4.81. The molecule has 3 rings (SSSR count). The van der Waals surface area contributed by atoms with Crippen molar-refractivity contribution in [3.8, 4) is 5.75 Å². The Morgan fingerprint density at radius 1 is 1.33 bits per heavy atom. The van der Waals surface area contributed by atoms with Crippen LogP contribution in [0.25, 0.3) is 0 Å². The number of pyridine rings is 1. The van der Waals surface area contributed by atoms with E-state index in [1.807, 2.05) is 32.9 Å². The van der Waals surface area contributed by atoms with Gasteiger partial charge in [-0.25, -0.2) is 0 Å². The van der Waals surface area contributed by atoms with Crippen LogP contribution < -0.4 is 4.74 Å². The summed E-state index contributed by atoms with van der Waals surface area (Å²) < 4.78 is 46.5. The number of rotatable bonds is 5. The molecule has 0 fully saturated rings. The van der Waals surface area contributed by atoms with Crippen molar-refractivity contribution in [1.29, 1.82) is 0 Å². The summed E-state index contributed by atoms with van der Waals surface area (Å²) in [5.41, 5.74) is -1.55. The number of aromatic nitrogens is 1. The Bertz CT molecular complexity index is 961. The van der Waals surface area contributed by atoms with E-state index < -0.39 is 30.8 Å². The minimum Gasteiger partial charge on any atom is -0.483 e. The van der Waals surface area contributed by atoms with Crippen LogP contribution in [0.15, 0.2) is 47.8 Å². The second-order valence-electron chi connectivity index (χ2n) is 7.47. The molecule has 9 heteroatoms. The molecule has 1 aromatic carbocycles. The zero-order chi connectivity index (χ0) is 22.1. The normalized spacial score (nSPS) is 19.2. The Kier molecular flexibility index (Phi) is 5.85. The van der Waals surface area contributed by atoms with Crippen molar-refractivity contribution in [3.63, 3.8) is 0 Å². The first-order valence-corrected chi connectivity index (χ1v) is 9.36. The van der Waals surface area contributed by atoms with Crippen LogP contribution in [0.1, 0.15) is 42.9 Å². The smallest absolute Gasteiger partial charge is 0.438 e. The van der Waals surface area contributed by atoms with Crippen LogP contribution in [0.3, 0.4) is 0 Å². The van der Waals surface area contributed by atoms with Crippen molar-refractivity contribution in [2.75, 3.05) is 6.61 Å². The third kappa shape index (κ3) is 4.16. The molecule has 1 aliphatic heterocycles. The van der Waals surface area contributed by atoms with Gasteiger partial charge in [-0.15, -0.1) is 0 Å². The van der Waals surface area contributed by atoms with Gasteiger partial charge >= 0.3 is 6.18 Å². The molecule has 1 amide bonds. The molecule has 1 N–H and O–H groups in total. The Morgan fingerprint density at radius 3 is 2.67 bits per heavy atom. The van der Waals surface area contributed by atoms with Gasteiger partial charge < -0.3 is 9.84 Å². The van der Waals surface area contributed by atoms with Gasteiger partial charge in [0.1, 0.15) is 5.75 Å². The fourth-order valence-electron chi connectivity index (χ4n) is 3.17. The average molecular weight is 421 g/mol. The van der Waals surface area contributed by atoms with Crippen molar-refractivity contribution < 1.29 is 27.8 Å². The Morgan fingerprint density at radius 2 is 2.07 bits per heavy atom. The molecule has 0 saturated carbocycles. The molecule has 0 unspecified atom stereocenters. The van der Waals surface area contributed by atoms with E-state index in [9.17, 15) is 23.1 Å². The maximum Gasteiger partial charge on any atom is 0.438 e. The summed E-state index contributed by atoms with van der Waals surface area (Å²) in [7, 11) is 0. The zero-order valence-electron chi connectivity index (χ0n) is 16.8. The number of hydrogen-bond donors (Lipinski definition) is 1. The van der Waals surface area contributed by atoms with E-state index in [1.165, 1.54) is 24.5 Å². The quantitative estimate of drug-likeness (QED) is 0.797. The predicted molar refractivity (Wildman–Crippen MR) is 104 cm³/mol. The fourth-order valence-corrected chi connectivity index (χ4v) is 3.17. The number of ether oxygens (including phenoxy) is 1. The van der Waals surface area contributed by atoms with Crippen molar-refractivity contribution in [2.24, 2.45) is 5.10 Å². The minimum atomic E-state index is -5.11. The topological polar surface area (TPSA) is 75.0 Å². The van der Waals surface area contributed by atoms with Crippen LogP contribution in [0.2, 0.25) is 0 Å². The summed E-state index contributed by atoms with van der Waals surface area (Å²) in [6.07, 6.45) is -3.22. The van der Waals surface area contributed by atoms with E-state index in [0.717, 1.165) is 11.1 Å². The number of aryl methyl sites for hydroxylation is 1. The van der Waals surface area contributed by atoms with Gasteiger partial charge in [0.25, 0.3) is 11.6 Å². The molecular weight excluding hydrogens is 399 g/mol. The summed E-state index contributed by atoms with van der Waals surface area (Å²) in [6.45, 7) is 5.01. The second kappa shape index (κ2) is 8.06. The monoisotopic (exact) mass is 421 g/mol. The summed E-state index contributed by atoms with van der Waals surface area (Å²) in [4.78, 5) is 16.5. The molecule has 0 bridgehead atoms. The van der Waals surface area contributed by atoms with Gasteiger partial charge in [0.05, 0.1) is 12.1 Å². The van der Waals surface area contributed by atoms with Crippen molar-refractivity contribution >= 4 is 11.6 Å². The number of amides is 1. The van der Waals surface area contributed by atoms with Gasteiger partial charge in [0, 0.05) is 18.0 Å². The van der Waals surface area contributed by atoms with E-state index in [-0.39, 0.29) is 22.2 Å². The molecule has 0 spiro atoms. The van der Waals surface area contributed by atoms with Crippen LogP contribution in [-0.4, -0.2) is 45.2 Å². The molecule has 1 atom stereocenters. The number of nitrogens with zero attached hydrogens (tertiary/aromatic N) is 3. The third-order valence-corrected chi connectivity index (χ3v) is 4.81. The molecule has 2 heterocycles. The lowest BCUT2D eigenvalue weighted by molar-refractivity contribution is -0.302. The second-order valence-corrected chi connectivity index (χ2v) is 7.47. The van der Waals surface area contributed by atoms with E-state index in [1.54, 1.807) is 6.07 Å². The van der Waals surface area contributed by atoms with Gasteiger partial charge in [-0.2, -0.15) is 23.3 Å². The van der Waals surface area contributed by atoms with Gasteiger partial charge in [0.15, 0.2) is 6.61 Å². The first-order chi connectivity index (χ1) is 14.0. The zero-order valence-corrected chi connectivity index (χ0v) is 16.8. The van der Waals surface area contributed by atoms with Crippen molar-refractivity contribution in [2.45, 2.75) is 45.0 Å². The Hall–Kier alpha value is -2.94. The largest absolute Gasteiger partial charge is 0.483 e. The number of aliphatic hydroxyl groups is 1. The summed E-state index contributed by atoms with van der Waals surface area (Å²) in [6, 6.07) is 8.49. The highest BCUT2D eigenvalue weighted by molar-refractivity contribution is 6.03. The fraction of sp³-hybridized carbons (Fsp3) is 0.381. The summed E-state index contributed by atoms with van der Waals surface area (Å²) in [5, 5.41) is 14.2. The lowest BCUT2D eigenvalue weighted by Crippen LogP contribution is -2.57. The molecule has 6 nitrogen and oxygen atoms in total. The lowest BCUT2D eigenvalue weighted by Gasteiger charge is -2.32. The van der Waals surface area contributed by atoms with Crippen LogP contribution in [0, 0.1) is 6.92 Å². The standard InChI is InChI=1S/C21H22F3N3O3/c1-13(2)16-7-6-14(3)9-18(16)30-12-19(28)27-20(29,21(22,23)24)10-17(26-27)15-5-4-8-25-11-15/h4-9,11,13,29H,10,12H2,1-3H3/t20-/m0/s1. The van der Waals surface area contributed by atoms with Gasteiger partial charge in [-0.05, 0) is 36.1 Å². The Balaban J connectivity index is 1.87. The van der Waals surface area contributed by atoms with E-state index >= 15 is 0 Å². The number of carbonyl (C=O) groups excluding carboxylic acids is 1. The molecule has 1 aromatic heterocycles. The van der Waals surface area contributed by atoms with Crippen LogP contribution in [0.5, 0.6) is 5.75 Å². The SMILES string of the molecule is Cc1ccc(C(C)C)c(OCC(=O)N2N=C(c3cccnc3)C[C@]2(O)C(F)(F)F)c1.